The summed E-state index contributed by atoms with van der Waals surface area (Å²) in [6.45, 7) is 7.23. The van der Waals surface area contributed by atoms with Crippen LogP contribution in [0.5, 0.6) is 0 Å². The Bertz CT molecular complexity index is 665. The van der Waals surface area contributed by atoms with Crippen molar-refractivity contribution in [3.05, 3.63) is 35.4 Å². The molecule has 0 bridgehead atoms. The maximum absolute atomic E-state index is 12.2. The maximum Gasteiger partial charge on any atom is 0.410 e. The number of allylic oxidation sites excluding steroid dienone is 2. The van der Waals surface area contributed by atoms with Crippen molar-refractivity contribution in [2.75, 3.05) is 18.8 Å². The van der Waals surface area contributed by atoms with Gasteiger partial charge in [0.1, 0.15) is 5.60 Å². The average Bonchev–Trinajstić information content (AvgIpc) is 3.08. The van der Waals surface area contributed by atoms with Gasteiger partial charge in [0.2, 0.25) is 0 Å². The van der Waals surface area contributed by atoms with Crippen LogP contribution >= 0.6 is 0 Å². The summed E-state index contributed by atoms with van der Waals surface area (Å²) in [5.74, 6) is 0.486. The van der Waals surface area contributed by atoms with E-state index < -0.39 is 5.60 Å². The van der Waals surface area contributed by atoms with Crippen LogP contribution in [-0.4, -0.2) is 29.7 Å². The second-order valence-corrected chi connectivity index (χ2v) is 8.21. The molecule has 4 heteroatoms. The Morgan fingerprint density at radius 1 is 1.24 bits per heavy atom. The Morgan fingerprint density at radius 2 is 1.96 bits per heavy atom. The zero-order chi connectivity index (χ0) is 18.0. The highest BCUT2D eigenvalue weighted by molar-refractivity contribution is 5.76. The molecule has 0 spiro atoms. The molecule has 1 aromatic rings. The van der Waals surface area contributed by atoms with Gasteiger partial charge in [-0.15, -0.1) is 0 Å². The van der Waals surface area contributed by atoms with Gasteiger partial charge in [0.25, 0.3) is 0 Å². The van der Waals surface area contributed by atoms with Gasteiger partial charge in [-0.1, -0.05) is 12.1 Å². The van der Waals surface area contributed by atoms with E-state index in [1.165, 1.54) is 23.1 Å². The molecular formula is C21H30N2O2. The first kappa shape index (κ1) is 17.8. The van der Waals surface area contributed by atoms with Crippen molar-refractivity contribution in [3.8, 4) is 0 Å². The lowest BCUT2D eigenvalue weighted by Crippen LogP contribution is -2.41. The third-order valence-corrected chi connectivity index (χ3v) is 5.08. The zero-order valence-electron chi connectivity index (χ0n) is 15.7. The summed E-state index contributed by atoms with van der Waals surface area (Å²) >= 11 is 0. The number of hydrogen-bond donors (Lipinski definition) is 1. The third-order valence-electron chi connectivity index (χ3n) is 5.08. The fourth-order valence-electron chi connectivity index (χ4n) is 3.74. The molecule has 25 heavy (non-hydrogen) atoms. The van der Waals surface area contributed by atoms with Gasteiger partial charge in [0.05, 0.1) is 0 Å². The molecule has 0 unspecified atom stereocenters. The molecule has 4 nitrogen and oxygen atoms in total. The number of likely N-dealkylation sites (tertiary alicyclic amines) is 1. The summed E-state index contributed by atoms with van der Waals surface area (Å²) in [5.41, 5.74) is 10.6. The lowest BCUT2D eigenvalue weighted by molar-refractivity contribution is 0.0205. The maximum atomic E-state index is 12.2. The van der Waals surface area contributed by atoms with Crippen molar-refractivity contribution in [2.24, 2.45) is 0 Å². The number of ether oxygens (including phenoxy) is 1. The minimum Gasteiger partial charge on any atom is -0.444 e. The first-order valence-electron chi connectivity index (χ1n) is 9.40. The number of rotatable bonds is 2. The monoisotopic (exact) mass is 342 g/mol. The van der Waals surface area contributed by atoms with E-state index in [1.54, 1.807) is 0 Å². The van der Waals surface area contributed by atoms with E-state index in [9.17, 15) is 4.79 Å². The van der Waals surface area contributed by atoms with Crippen molar-refractivity contribution < 1.29 is 9.53 Å². The van der Waals surface area contributed by atoms with Crippen LogP contribution in [0.3, 0.4) is 0 Å². The quantitative estimate of drug-likeness (QED) is 0.774. The number of benzene rings is 1. The van der Waals surface area contributed by atoms with Crippen molar-refractivity contribution in [3.63, 3.8) is 0 Å². The second-order valence-electron chi connectivity index (χ2n) is 8.21. The summed E-state index contributed by atoms with van der Waals surface area (Å²) in [7, 11) is 0. The van der Waals surface area contributed by atoms with Crippen LogP contribution in [0.25, 0.3) is 5.57 Å². The van der Waals surface area contributed by atoms with Crippen molar-refractivity contribution in [1.82, 2.24) is 4.90 Å². The number of hydrogen-bond acceptors (Lipinski definition) is 3. The minimum atomic E-state index is -0.436. The second kappa shape index (κ2) is 7.11. The topological polar surface area (TPSA) is 55.6 Å². The molecule has 1 aromatic carbocycles. The number of amides is 1. The molecule has 0 radical (unpaired) electrons. The molecular weight excluding hydrogens is 312 g/mol. The average molecular weight is 342 g/mol. The normalized spacial score (nSPS) is 19.0. The zero-order valence-corrected chi connectivity index (χ0v) is 15.7. The molecule has 2 N–H and O–H groups in total. The predicted octanol–water partition coefficient (Wildman–Crippen LogP) is 4.95. The number of nitrogen functional groups attached to an aromatic ring is 1. The Balaban J connectivity index is 1.65. The summed E-state index contributed by atoms with van der Waals surface area (Å²) in [6.07, 6.45) is 7.59. The van der Waals surface area contributed by atoms with E-state index in [2.05, 4.69) is 18.2 Å². The molecule has 0 aromatic heterocycles. The van der Waals surface area contributed by atoms with Crippen molar-refractivity contribution in [2.45, 2.75) is 64.4 Å². The molecule has 1 aliphatic carbocycles. The number of anilines is 1. The fraction of sp³-hybridized carbons (Fsp3) is 0.571. The number of nitrogens with two attached hydrogens (primary N) is 1. The van der Waals surface area contributed by atoms with Gasteiger partial charge in [-0.25, -0.2) is 4.79 Å². The number of nitrogens with zero attached hydrogens (tertiary/aromatic N) is 1. The van der Waals surface area contributed by atoms with E-state index in [0.717, 1.165) is 44.5 Å². The van der Waals surface area contributed by atoms with E-state index in [4.69, 9.17) is 10.5 Å². The molecule has 0 atom stereocenters. The van der Waals surface area contributed by atoms with Crippen LogP contribution in [0, 0.1) is 0 Å². The number of carbonyl (C=O) groups is 1. The molecule has 1 amide bonds. The molecule has 1 heterocycles. The van der Waals surface area contributed by atoms with Crippen LogP contribution in [-0.2, 0) is 4.74 Å². The highest BCUT2D eigenvalue weighted by Crippen LogP contribution is 2.35. The van der Waals surface area contributed by atoms with Gasteiger partial charge in [-0.3, -0.25) is 0 Å². The van der Waals surface area contributed by atoms with Gasteiger partial charge in [-0.05, 0) is 82.1 Å². The third kappa shape index (κ3) is 4.36. The van der Waals surface area contributed by atoms with Gasteiger partial charge >= 0.3 is 6.09 Å². The van der Waals surface area contributed by atoms with Crippen LogP contribution in [0.4, 0.5) is 10.5 Å². The number of piperidine rings is 1. The molecule has 0 saturated carbocycles. The van der Waals surface area contributed by atoms with Crippen molar-refractivity contribution in [1.29, 1.82) is 0 Å². The Labute approximate surface area is 151 Å². The van der Waals surface area contributed by atoms with Gasteiger partial charge in [-0.2, -0.15) is 0 Å². The Kier molecular flexibility index (Phi) is 5.07. The summed E-state index contributed by atoms with van der Waals surface area (Å²) in [4.78, 5) is 14.0. The fourth-order valence-corrected chi connectivity index (χ4v) is 3.74. The molecule has 3 rings (SSSR count). The van der Waals surface area contributed by atoms with Crippen LogP contribution < -0.4 is 5.73 Å². The van der Waals surface area contributed by atoms with Gasteiger partial charge in [0, 0.05) is 24.3 Å². The smallest absolute Gasteiger partial charge is 0.410 e. The Hall–Kier alpha value is -1.97. The molecule has 136 valence electrons. The van der Waals surface area contributed by atoms with E-state index in [1.807, 2.05) is 31.7 Å². The SMILES string of the molecule is CC(C)(C)OC(=O)N1CCC(c2ccc(N)c(C3=CCCC3)c2)CC1. The standard InChI is InChI=1S/C21H30N2O2/c1-21(2,3)25-20(24)23-12-10-15(11-13-23)17-8-9-19(22)18(14-17)16-6-4-5-7-16/h6,8-9,14-15H,4-5,7,10-13,22H2,1-3H3. The first-order valence-corrected chi connectivity index (χ1v) is 9.40. The van der Waals surface area contributed by atoms with E-state index in [0.29, 0.717) is 5.92 Å². The lowest BCUT2D eigenvalue weighted by atomic mass is 9.87. The molecule has 1 aliphatic heterocycles. The van der Waals surface area contributed by atoms with Crippen LogP contribution in [0.1, 0.15) is 69.9 Å². The number of carbonyl (C=O) groups excluding carboxylic acids is 1. The van der Waals surface area contributed by atoms with E-state index >= 15 is 0 Å². The highest BCUT2D eigenvalue weighted by atomic mass is 16.6. The molecule has 1 saturated heterocycles. The molecule has 1 fully saturated rings. The summed E-state index contributed by atoms with van der Waals surface area (Å²) < 4.78 is 5.48. The van der Waals surface area contributed by atoms with Crippen molar-refractivity contribution >= 4 is 17.4 Å². The van der Waals surface area contributed by atoms with Crippen LogP contribution in [0.15, 0.2) is 24.3 Å². The first-order chi connectivity index (χ1) is 11.8. The Morgan fingerprint density at radius 3 is 2.56 bits per heavy atom. The highest BCUT2D eigenvalue weighted by Gasteiger charge is 2.27. The lowest BCUT2D eigenvalue weighted by Gasteiger charge is -2.33. The van der Waals surface area contributed by atoms with Crippen LogP contribution in [0.2, 0.25) is 0 Å². The van der Waals surface area contributed by atoms with Gasteiger partial charge < -0.3 is 15.4 Å². The van der Waals surface area contributed by atoms with Gasteiger partial charge in [0.15, 0.2) is 0 Å². The van der Waals surface area contributed by atoms with E-state index in [-0.39, 0.29) is 6.09 Å². The predicted molar refractivity (Wildman–Crippen MR) is 102 cm³/mol. The minimum absolute atomic E-state index is 0.194. The largest absolute Gasteiger partial charge is 0.444 e. The summed E-state index contributed by atoms with van der Waals surface area (Å²) in [5, 5.41) is 0. The molecule has 2 aliphatic rings. The summed E-state index contributed by atoms with van der Waals surface area (Å²) in [6, 6.07) is 6.48.